The smallest absolute Gasteiger partial charge is 0.180 e. The minimum atomic E-state index is 0.649. The summed E-state index contributed by atoms with van der Waals surface area (Å²) in [7, 11) is 0. The van der Waals surface area contributed by atoms with E-state index in [1.807, 2.05) is 13.0 Å². The summed E-state index contributed by atoms with van der Waals surface area (Å²) >= 11 is 3.27. The summed E-state index contributed by atoms with van der Waals surface area (Å²) in [6, 6.07) is 4.12. The number of hydrogen-bond acceptors (Lipinski definition) is 4. The SMILES string of the molecule is Cc1nc(N)sc1-c1cccs1. The van der Waals surface area contributed by atoms with Gasteiger partial charge >= 0.3 is 0 Å². The maximum atomic E-state index is 5.60. The Labute approximate surface area is 78.7 Å². The minimum absolute atomic E-state index is 0.649. The van der Waals surface area contributed by atoms with Crippen LogP contribution in [0.5, 0.6) is 0 Å². The van der Waals surface area contributed by atoms with E-state index in [-0.39, 0.29) is 0 Å². The van der Waals surface area contributed by atoms with E-state index in [1.54, 1.807) is 22.7 Å². The largest absolute Gasteiger partial charge is 0.375 e. The number of rotatable bonds is 1. The zero-order chi connectivity index (χ0) is 8.55. The van der Waals surface area contributed by atoms with Crippen molar-refractivity contribution >= 4 is 27.8 Å². The van der Waals surface area contributed by atoms with Crippen LogP contribution in [0.1, 0.15) is 5.69 Å². The average Bonchev–Trinajstić information content (AvgIpc) is 2.58. The van der Waals surface area contributed by atoms with Gasteiger partial charge in [0.25, 0.3) is 0 Å². The number of aryl methyl sites for hydroxylation is 1. The van der Waals surface area contributed by atoms with Crippen molar-refractivity contribution in [2.24, 2.45) is 0 Å². The highest BCUT2D eigenvalue weighted by molar-refractivity contribution is 7.23. The molecule has 0 aliphatic rings. The Balaban J connectivity index is 2.54. The molecule has 0 aliphatic carbocycles. The predicted octanol–water partition coefficient (Wildman–Crippen LogP) is 2.76. The molecule has 62 valence electrons. The summed E-state index contributed by atoms with van der Waals surface area (Å²) in [6.45, 7) is 1.99. The Bertz CT molecular complexity index is 376. The van der Waals surface area contributed by atoms with Crippen LogP contribution in [0.3, 0.4) is 0 Å². The third kappa shape index (κ3) is 1.23. The first kappa shape index (κ1) is 7.76. The van der Waals surface area contributed by atoms with E-state index in [0.717, 1.165) is 5.69 Å². The lowest BCUT2D eigenvalue weighted by molar-refractivity contribution is 1.28. The van der Waals surface area contributed by atoms with Crippen LogP contribution in [0.15, 0.2) is 17.5 Å². The molecular formula is C8H8N2S2. The fraction of sp³-hybridized carbons (Fsp3) is 0.125. The number of nitrogens with two attached hydrogens (primary N) is 1. The van der Waals surface area contributed by atoms with Crippen LogP contribution in [0.2, 0.25) is 0 Å². The number of hydrogen-bond donors (Lipinski definition) is 1. The van der Waals surface area contributed by atoms with Crippen molar-refractivity contribution in [2.45, 2.75) is 6.92 Å². The number of aromatic nitrogens is 1. The fourth-order valence-electron chi connectivity index (χ4n) is 1.05. The second kappa shape index (κ2) is 2.88. The number of nitrogens with zero attached hydrogens (tertiary/aromatic N) is 1. The van der Waals surface area contributed by atoms with Gasteiger partial charge in [0.05, 0.1) is 10.6 Å². The van der Waals surface area contributed by atoms with Crippen LogP contribution in [0.4, 0.5) is 5.13 Å². The molecule has 0 radical (unpaired) electrons. The number of thiazole rings is 1. The Kier molecular flexibility index (Phi) is 1.86. The van der Waals surface area contributed by atoms with E-state index in [9.17, 15) is 0 Å². The first-order valence-electron chi connectivity index (χ1n) is 3.54. The van der Waals surface area contributed by atoms with Crippen LogP contribution in [-0.2, 0) is 0 Å². The van der Waals surface area contributed by atoms with Gasteiger partial charge < -0.3 is 5.73 Å². The summed E-state index contributed by atoms with van der Waals surface area (Å²) in [4.78, 5) is 6.62. The monoisotopic (exact) mass is 196 g/mol. The fourth-order valence-corrected chi connectivity index (χ4v) is 2.79. The van der Waals surface area contributed by atoms with Crippen LogP contribution in [0, 0.1) is 6.92 Å². The lowest BCUT2D eigenvalue weighted by Crippen LogP contribution is -1.80. The molecule has 0 saturated carbocycles. The molecule has 2 heterocycles. The topological polar surface area (TPSA) is 38.9 Å². The molecular weight excluding hydrogens is 188 g/mol. The molecule has 4 heteroatoms. The Hall–Kier alpha value is -0.870. The van der Waals surface area contributed by atoms with Gasteiger partial charge in [0, 0.05) is 4.88 Å². The van der Waals surface area contributed by atoms with Crippen molar-refractivity contribution in [1.82, 2.24) is 4.98 Å². The van der Waals surface area contributed by atoms with Gasteiger partial charge in [0.2, 0.25) is 0 Å². The third-order valence-corrected chi connectivity index (χ3v) is 3.59. The average molecular weight is 196 g/mol. The number of thiophene rings is 1. The van der Waals surface area contributed by atoms with Gasteiger partial charge in [0.1, 0.15) is 0 Å². The lowest BCUT2D eigenvalue weighted by atomic mass is 10.3. The normalized spacial score (nSPS) is 10.4. The van der Waals surface area contributed by atoms with E-state index >= 15 is 0 Å². The van der Waals surface area contributed by atoms with Crippen molar-refractivity contribution in [3.8, 4) is 9.75 Å². The van der Waals surface area contributed by atoms with Gasteiger partial charge in [-0.05, 0) is 18.4 Å². The highest BCUT2D eigenvalue weighted by atomic mass is 32.1. The van der Waals surface area contributed by atoms with Gasteiger partial charge in [-0.2, -0.15) is 0 Å². The Morgan fingerprint density at radius 2 is 2.33 bits per heavy atom. The molecule has 2 aromatic rings. The molecule has 0 bridgehead atoms. The summed E-state index contributed by atoms with van der Waals surface area (Å²) in [6.07, 6.45) is 0. The lowest BCUT2D eigenvalue weighted by Gasteiger charge is -1.89. The van der Waals surface area contributed by atoms with E-state index in [4.69, 9.17) is 5.73 Å². The van der Waals surface area contributed by atoms with Crippen molar-refractivity contribution in [3.63, 3.8) is 0 Å². The summed E-state index contributed by atoms with van der Waals surface area (Å²) in [5.41, 5.74) is 6.63. The van der Waals surface area contributed by atoms with E-state index in [2.05, 4.69) is 16.4 Å². The standard InChI is InChI=1S/C8H8N2S2/c1-5-7(12-8(9)10-5)6-3-2-4-11-6/h2-4H,1H3,(H2,9,10). The molecule has 0 unspecified atom stereocenters. The van der Waals surface area contributed by atoms with E-state index in [1.165, 1.54) is 9.75 Å². The van der Waals surface area contributed by atoms with Gasteiger partial charge in [-0.3, -0.25) is 0 Å². The van der Waals surface area contributed by atoms with Gasteiger partial charge in [-0.15, -0.1) is 11.3 Å². The molecule has 12 heavy (non-hydrogen) atoms. The summed E-state index contributed by atoms with van der Waals surface area (Å²) in [5, 5.41) is 2.71. The molecule has 0 atom stereocenters. The van der Waals surface area contributed by atoms with Crippen LogP contribution >= 0.6 is 22.7 Å². The molecule has 0 aliphatic heterocycles. The quantitative estimate of drug-likeness (QED) is 0.761. The maximum Gasteiger partial charge on any atom is 0.180 e. The molecule has 2 aromatic heterocycles. The van der Waals surface area contributed by atoms with Crippen LogP contribution in [0.25, 0.3) is 9.75 Å². The predicted molar refractivity (Wildman–Crippen MR) is 54.6 cm³/mol. The highest BCUT2D eigenvalue weighted by Crippen LogP contribution is 2.33. The van der Waals surface area contributed by atoms with Crippen molar-refractivity contribution in [2.75, 3.05) is 5.73 Å². The maximum absolute atomic E-state index is 5.60. The first-order valence-corrected chi connectivity index (χ1v) is 5.24. The zero-order valence-corrected chi connectivity index (χ0v) is 8.21. The molecule has 0 spiro atoms. The second-order valence-corrected chi connectivity index (χ2v) is 4.42. The molecule has 0 aromatic carbocycles. The Morgan fingerprint density at radius 3 is 2.83 bits per heavy atom. The van der Waals surface area contributed by atoms with Gasteiger partial charge in [-0.1, -0.05) is 17.4 Å². The summed E-state index contributed by atoms with van der Waals surface area (Å²) in [5.74, 6) is 0. The Morgan fingerprint density at radius 1 is 1.50 bits per heavy atom. The van der Waals surface area contributed by atoms with Gasteiger partial charge in [0.15, 0.2) is 5.13 Å². The van der Waals surface area contributed by atoms with Crippen molar-refractivity contribution in [1.29, 1.82) is 0 Å². The zero-order valence-electron chi connectivity index (χ0n) is 6.57. The summed E-state index contributed by atoms with van der Waals surface area (Å²) < 4.78 is 0. The van der Waals surface area contributed by atoms with E-state index < -0.39 is 0 Å². The number of anilines is 1. The molecule has 0 amide bonds. The molecule has 2 N–H and O–H groups in total. The second-order valence-electron chi connectivity index (χ2n) is 2.44. The first-order chi connectivity index (χ1) is 5.77. The highest BCUT2D eigenvalue weighted by Gasteiger charge is 2.07. The molecule has 0 fully saturated rings. The molecule has 2 nitrogen and oxygen atoms in total. The van der Waals surface area contributed by atoms with Crippen molar-refractivity contribution in [3.05, 3.63) is 23.2 Å². The third-order valence-electron chi connectivity index (χ3n) is 1.56. The van der Waals surface area contributed by atoms with Crippen LogP contribution < -0.4 is 5.73 Å². The van der Waals surface area contributed by atoms with E-state index in [0.29, 0.717) is 5.13 Å². The molecule has 2 rings (SSSR count). The minimum Gasteiger partial charge on any atom is -0.375 e. The number of nitrogen functional groups attached to an aromatic ring is 1. The molecule has 0 saturated heterocycles. The van der Waals surface area contributed by atoms with Gasteiger partial charge in [-0.25, -0.2) is 4.98 Å². The van der Waals surface area contributed by atoms with Crippen LogP contribution in [-0.4, -0.2) is 4.98 Å². The van der Waals surface area contributed by atoms with Crippen molar-refractivity contribution < 1.29 is 0 Å².